The summed E-state index contributed by atoms with van der Waals surface area (Å²) in [6, 6.07) is -0.158. The summed E-state index contributed by atoms with van der Waals surface area (Å²) in [5.41, 5.74) is 0. The molecule has 2 unspecified atom stereocenters. The van der Waals surface area contributed by atoms with E-state index in [1.807, 2.05) is 13.8 Å². The fourth-order valence-electron chi connectivity index (χ4n) is 2.30. The van der Waals surface area contributed by atoms with Crippen LogP contribution in [0.5, 0.6) is 0 Å². The van der Waals surface area contributed by atoms with E-state index in [2.05, 4.69) is 5.32 Å². The minimum Gasteiger partial charge on any atom is -0.481 e. The van der Waals surface area contributed by atoms with Gasteiger partial charge in [-0.2, -0.15) is 0 Å². The summed E-state index contributed by atoms with van der Waals surface area (Å²) in [6.45, 7) is 6.16. The molecule has 0 aliphatic carbocycles. The summed E-state index contributed by atoms with van der Waals surface area (Å²) >= 11 is 0. The molecule has 110 valence electrons. The zero-order chi connectivity index (χ0) is 14.3. The Morgan fingerprint density at radius 1 is 1.53 bits per heavy atom. The van der Waals surface area contributed by atoms with Gasteiger partial charge in [0.15, 0.2) is 0 Å². The first-order valence-electron chi connectivity index (χ1n) is 6.87. The Morgan fingerprint density at radius 3 is 2.89 bits per heavy atom. The van der Waals surface area contributed by atoms with E-state index in [-0.39, 0.29) is 24.4 Å². The summed E-state index contributed by atoms with van der Waals surface area (Å²) in [5, 5.41) is 11.7. The molecular weight excluding hydrogens is 248 g/mol. The minimum absolute atomic E-state index is 0.0349. The first-order chi connectivity index (χ1) is 9.02. The molecule has 2 N–H and O–H groups in total. The number of carbonyl (C=O) groups is 2. The van der Waals surface area contributed by atoms with Crippen LogP contribution in [0.2, 0.25) is 0 Å². The molecule has 0 radical (unpaired) electrons. The summed E-state index contributed by atoms with van der Waals surface area (Å²) < 4.78 is 5.25. The predicted octanol–water partition coefficient (Wildman–Crippen LogP) is 1.31. The van der Waals surface area contributed by atoms with Gasteiger partial charge in [0.25, 0.3) is 0 Å². The molecule has 1 rings (SSSR count). The molecule has 1 aliphatic rings. The number of nitrogens with one attached hydrogen (secondary N) is 1. The molecule has 6 nitrogen and oxygen atoms in total. The average molecular weight is 272 g/mol. The molecule has 0 aromatic carbocycles. The van der Waals surface area contributed by atoms with Gasteiger partial charge in [-0.25, -0.2) is 4.79 Å². The van der Waals surface area contributed by atoms with Crippen molar-refractivity contribution in [1.29, 1.82) is 0 Å². The number of amides is 2. The average Bonchev–Trinajstić information content (AvgIpc) is 2.35. The maximum atomic E-state index is 12.0. The van der Waals surface area contributed by atoms with Gasteiger partial charge in [0, 0.05) is 26.1 Å². The largest absolute Gasteiger partial charge is 0.481 e. The van der Waals surface area contributed by atoms with E-state index in [9.17, 15) is 9.59 Å². The van der Waals surface area contributed by atoms with Crippen LogP contribution in [0.4, 0.5) is 4.79 Å². The lowest BCUT2D eigenvalue weighted by atomic mass is 9.95. The second kappa shape index (κ2) is 7.99. The summed E-state index contributed by atoms with van der Waals surface area (Å²) in [5.74, 6) is -0.726. The molecule has 1 aliphatic heterocycles. The molecule has 1 fully saturated rings. The normalized spacial score (nSPS) is 20.9. The zero-order valence-corrected chi connectivity index (χ0v) is 11.7. The van der Waals surface area contributed by atoms with Crippen molar-refractivity contribution in [2.45, 2.75) is 39.2 Å². The number of hydrogen-bond acceptors (Lipinski definition) is 3. The zero-order valence-electron chi connectivity index (χ0n) is 11.7. The van der Waals surface area contributed by atoms with E-state index in [0.717, 1.165) is 12.8 Å². The Bertz CT molecular complexity index is 309. The van der Waals surface area contributed by atoms with Crippen LogP contribution in [0.1, 0.15) is 33.1 Å². The minimum atomic E-state index is -0.794. The number of nitrogens with zero attached hydrogens (tertiary/aromatic N) is 1. The molecule has 19 heavy (non-hydrogen) atoms. The van der Waals surface area contributed by atoms with Crippen LogP contribution in [0.15, 0.2) is 0 Å². The highest BCUT2D eigenvalue weighted by atomic mass is 16.5. The van der Waals surface area contributed by atoms with E-state index in [1.165, 1.54) is 0 Å². The van der Waals surface area contributed by atoms with Crippen molar-refractivity contribution in [1.82, 2.24) is 10.2 Å². The molecule has 2 atom stereocenters. The van der Waals surface area contributed by atoms with E-state index < -0.39 is 5.97 Å². The van der Waals surface area contributed by atoms with Crippen LogP contribution in [-0.2, 0) is 9.53 Å². The fourth-order valence-corrected chi connectivity index (χ4v) is 2.30. The van der Waals surface area contributed by atoms with Gasteiger partial charge in [-0.15, -0.1) is 0 Å². The molecular formula is C13H24N2O4. The van der Waals surface area contributed by atoms with E-state index in [4.69, 9.17) is 9.84 Å². The monoisotopic (exact) mass is 272 g/mol. The van der Waals surface area contributed by atoms with E-state index in [1.54, 1.807) is 4.90 Å². The van der Waals surface area contributed by atoms with Gasteiger partial charge in [-0.3, -0.25) is 4.79 Å². The summed E-state index contributed by atoms with van der Waals surface area (Å²) in [7, 11) is 0. The van der Waals surface area contributed by atoms with Crippen molar-refractivity contribution in [3.05, 3.63) is 0 Å². The fraction of sp³-hybridized carbons (Fsp3) is 0.846. The Labute approximate surface area is 114 Å². The number of carboxylic acid groups (broad SMARTS) is 1. The first kappa shape index (κ1) is 15.8. The highest BCUT2D eigenvalue weighted by Gasteiger charge is 2.25. The second-order valence-corrected chi connectivity index (χ2v) is 5.06. The van der Waals surface area contributed by atoms with Crippen LogP contribution >= 0.6 is 0 Å². The third-order valence-corrected chi connectivity index (χ3v) is 3.21. The topological polar surface area (TPSA) is 78.9 Å². The Morgan fingerprint density at radius 2 is 2.26 bits per heavy atom. The Kier molecular flexibility index (Phi) is 6.62. The third kappa shape index (κ3) is 5.92. The van der Waals surface area contributed by atoms with Crippen molar-refractivity contribution in [2.24, 2.45) is 5.92 Å². The highest BCUT2D eigenvalue weighted by Crippen LogP contribution is 2.19. The van der Waals surface area contributed by atoms with Gasteiger partial charge >= 0.3 is 12.0 Å². The lowest BCUT2D eigenvalue weighted by Crippen LogP contribution is -2.49. The first-order valence-corrected chi connectivity index (χ1v) is 6.87. The highest BCUT2D eigenvalue weighted by molar-refractivity contribution is 5.74. The number of urea groups is 1. The number of rotatable bonds is 6. The number of carboxylic acids is 1. The van der Waals surface area contributed by atoms with Crippen LogP contribution in [0, 0.1) is 5.92 Å². The Balaban J connectivity index is 2.37. The number of piperidine rings is 1. The van der Waals surface area contributed by atoms with Gasteiger partial charge in [-0.05, 0) is 32.6 Å². The quantitative estimate of drug-likeness (QED) is 0.764. The van der Waals surface area contributed by atoms with Crippen LogP contribution in [0.25, 0.3) is 0 Å². The van der Waals surface area contributed by atoms with Crippen molar-refractivity contribution >= 4 is 12.0 Å². The molecule has 2 amide bonds. The summed E-state index contributed by atoms with van der Waals surface area (Å²) in [4.78, 5) is 24.4. The number of carbonyl (C=O) groups excluding carboxylic acids is 1. The van der Waals surface area contributed by atoms with E-state index >= 15 is 0 Å². The maximum absolute atomic E-state index is 12.0. The molecule has 0 spiro atoms. The van der Waals surface area contributed by atoms with E-state index in [0.29, 0.717) is 26.3 Å². The van der Waals surface area contributed by atoms with Crippen molar-refractivity contribution in [2.75, 3.05) is 26.3 Å². The number of likely N-dealkylation sites (tertiary alicyclic amines) is 1. The Hall–Kier alpha value is -1.30. The number of hydrogen-bond donors (Lipinski definition) is 2. The lowest BCUT2D eigenvalue weighted by Gasteiger charge is -2.33. The van der Waals surface area contributed by atoms with Gasteiger partial charge in [0.05, 0.1) is 12.6 Å². The summed E-state index contributed by atoms with van der Waals surface area (Å²) in [6.07, 6.45) is 1.88. The second-order valence-electron chi connectivity index (χ2n) is 5.06. The molecule has 6 heteroatoms. The van der Waals surface area contributed by atoms with Crippen LogP contribution < -0.4 is 5.32 Å². The SMILES string of the molecule is CCOCC(C)NC(=O)N1CCCC(CC(=O)O)C1. The molecule has 0 saturated carbocycles. The predicted molar refractivity (Wildman–Crippen MR) is 71.0 cm³/mol. The lowest BCUT2D eigenvalue weighted by molar-refractivity contribution is -0.138. The molecule has 0 aromatic rings. The van der Waals surface area contributed by atoms with Crippen molar-refractivity contribution < 1.29 is 19.4 Å². The molecule has 0 aromatic heterocycles. The molecule has 1 heterocycles. The van der Waals surface area contributed by atoms with Gasteiger partial charge < -0.3 is 20.1 Å². The van der Waals surface area contributed by atoms with Gasteiger partial charge in [0.1, 0.15) is 0 Å². The van der Waals surface area contributed by atoms with Crippen LogP contribution in [-0.4, -0.2) is 54.4 Å². The van der Waals surface area contributed by atoms with Gasteiger partial charge in [-0.1, -0.05) is 0 Å². The van der Waals surface area contributed by atoms with Crippen LogP contribution in [0.3, 0.4) is 0 Å². The van der Waals surface area contributed by atoms with Crippen molar-refractivity contribution in [3.8, 4) is 0 Å². The number of ether oxygens (including phenoxy) is 1. The van der Waals surface area contributed by atoms with Gasteiger partial charge in [0.2, 0.25) is 0 Å². The standard InChI is InChI=1S/C13H24N2O4/c1-3-19-9-10(2)14-13(18)15-6-4-5-11(8-15)7-12(16)17/h10-11H,3-9H2,1-2H3,(H,14,18)(H,16,17). The smallest absolute Gasteiger partial charge is 0.317 e. The number of aliphatic carboxylic acids is 1. The molecule has 0 bridgehead atoms. The third-order valence-electron chi connectivity index (χ3n) is 3.21. The van der Waals surface area contributed by atoms with Crippen molar-refractivity contribution in [3.63, 3.8) is 0 Å². The molecule has 1 saturated heterocycles. The maximum Gasteiger partial charge on any atom is 0.317 e.